The van der Waals surface area contributed by atoms with Crippen molar-refractivity contribution in [2.45, 2.75) is 27.7 Å². The molecular weight excluding hydrogens is 164 g/mol. The van der Waals surface area contributed by atoms with Gasteiger partial charge in [-0.1, -0.05) is 27.4 Å². The Labute approximate surface area is 79.0 Å². The van der Waals surface area contributed by atoms with Gasteiger partial charge >= 0.3 is 0 Å². The van der Waals surface area contributed by atoms with Crippen LogP contribution in [0.15, 0.2) is 23.5 Å². The number of ketones is 1. The third kappa shape index (κ3) is 1.41. The molecule has 72 valence electrons. The Bertz CT molecular complexity index is 303. The van der Waals surface area contributed by atoms with Gasteiger partial charge in [-0.05, 0) is 17.9 Å². The summed E-state index contributed by atoms with van der Waals surface area (Å²) in [6.45, 7) is 11.6. The van der Waals surface area contributed by atoms with Crippen LogP contribution in [0, 0.1) is 11.3 Å². The van der Waals surface area contributed by atoms with E-state index >= 15 is 0 Å². The highest BCUT2D eigenvalue weighted by atomic mass is 16.3. The van der Waals surface area contributed by atoms with Crippen LogP contribution >= 0.6 is 0 Å². The van der Waals surface area contributed by atoms with Gasteiger partial charge in [0.1, 0.15) is 0 Å². The normalized spacial score (nSPS) is 24.5. The molecule has 13 heavy (non-hydrogen) atoms. The van der Waals surface area contributed by atoms with E-state index in [4.69, 9.17) is 0 Å². The van der Waals surface area contributed by atoms with Crippen LogP contribution in [0.1, 0.15) is 27.7 Å². The van der Waals surface area contributed by atoms with Gasteiger partial charge in [0.2, 0.25) is 5.78 Å². The number of Topliss-reactive ketones (excluding diaryl/α,β-unsaturated/α-hetero) is 1. The van der Waals surface area contributed by atoms with Crippen LogP contribution < -0.4 is 0 Å². The van der Waals surface area contributed by atoms with Gasteiger partial charge in [-0.25, -0.2) is 0 Å². The fourth-order valence-corrected chi connectivity index (χ4v) is 2.03. The van der Waals surface area contributed by atoms with E-state index in [9.17, 15) is 9.90 Å². The number of hydrogen-bond donors (Lipinski definition) is 1. The Morgan fingerprint density at radius 3 is 2.00 bits per heavy atom. The summed E-state index contributed by atoms with van der Waals surface area (Å²) in [7, 11) is 0. The maximum absolute atomic E-state index is 11.4. The molecule has 0 amide bonds. The maximum atomic E-state index is 11.4. The van der Waals surface area contributed by atoms with Crippen LogP contribution in [-0.2, 0) is 4.79 Å². The van der Waals surface area contributed by atoms with Gasteiger partial charge in [0.05, 0.1) is 0 Å². The molecule has 0 aromatic carbocycles. The van der Waals surface area contributed by atoms with Gasteiger partial charge in [-0.3, -0.25) is 4.79 Å². The van der Waals surface area contributed by atoms with E-state index in [2.05, 4.69) is 6.58 Å². The highest BCUT2D eigenvalue weighted by Crippen LogP contribution is 2.43. The summed E-state index contributed by atoms with van der Waals surface area (Å²) >= 11 is 0. The molecule has 1 rings (SSSR count). The van der Waals surface area contributed by atoms with Crippen molar-refractivity contribution in [1.82, 2.24) is 0 Å². The third-order valence-corrected chi connectivity index (χ3v) is 2.53. The SMILES string of the molecule is C=C1C(=O)C(O)=C(C)[C@H]1C(C)(C)C. The quantitative estimate of drug-likeness (QED) is 0.582. The van der Waals surface area contributed by atoms with Gasteiger partial charge in [0.25, 0.3) is 0 Å². The summed E-state index contributed by atoms with van der Waals surface area (Å²) in [4.78, 5) is 11.4. The van der Waals surface area contributed by atoms with Crippen molar-refractivity contribution in [1.29, 1.82) is 0 Å². The number of aliphatic hydroxyl groups is 1. The first-order valence-corrected chi connectivity index (χ1v) is 4.40. The first-order chi connectivity index (χ1) is 5.76. The van der Waals surface area contributed by atoms with Gasteiger partial charge < -0.3 is 5.11 Å². The Balaban J connectivity index is 3.17. The minimum Gasteiger partial charge on any atom is -0.504 e. The first kappa shape index (κ1) is 10.0. The molecule has 0 radical (unpaired) electrons. The zero-order chi connectivity index (χ0) is 10.4. The van der Waals surface area contributed by atoms with Crippen LogP contribution in [0.5, 0.6) is 0 Å². The lowest BCUT2D eigenvalue weighted by Crippen LogP contribution is -2.21. The molecule has 1 aliphatic carbocycles. The number of rotatable bonds is 0. The van der Waals surface area contributed by atoms with Crippen LogP contribution in [0.25, 0.3) is 0 Å². The predicted octanol–water partition coefficient (Wildman–Crippen LogP) is 2.62. The molecule has 2 heteroatoms. The molecule has 0 aliphatic heterocycles. The van der Waals surface area contributed by atoms with Crippen molar-refractivity contribution in [3.63, 3.8) is 0 Å². The lowest BCUT2D eigenvalue weighted by atomic mass is 9.75. The van der Waals surface area contributed by atoms with E-state index in [1.807, 2.05) is 20.8 Å². The standard InChI is InChI=1S/C11H16O2/c1-6-8(11(3,4)5)7(2)10(13)9(6)12/h8,13H,1H2,2-5H3/t8-/m0/s1. The zero-order valence-electron chi connectivity index (χ0n) is 8.64. The van der Waals surface area contributed by atoms with Crippen molar-refractivity contribution in [2.24, 2.45) is 11.3 Å². The molecule has 0 spiro atoms. The third-order valence-electron chi connectivity index (χ3n) is 2.53. The fraction of sp³-hybridized carbons (Fsp3) is 0.545. The average Bonchev–Trinajstić information content (AvgIpc) is 2.14. The van der Waals surface area contributed by atoms with Gasteiger partial charge in [0, 0.05) is 11.5 Å². The lowest BCUT2D eigenvalue weighted by molar-refractivity contribution is -0.114. The van der Waals surface area contributed by atoms with Crippen molar-refractivity contribution < 1.29 is 9.90 Å². The molecule has 0 bridgehead atoms. The van der Waals surface area contributed by atoms with Crippen molar-refractivity contribution >= 4 is 5.78 Å². The number of aliphatic hydroxyl groups excluding tert-OH is 1. The van der Waals surface area contributed by atoms with E-state index < -0.39 is 0 Å². The molecule has 1 aliphatic rings. The molecule has 2 nitrogen and oxygen atoms in total. The van der Waals surface area contributed by atoms with E-state index in [0.29, 0.717) is 5.57 Å². The van der Waals surface area contributed by atoms with Gasteiger partial charge in [0.15, 0.2) is 5.76 Å². The highest BCUT2D eigenvalue weighted by Gasteiger charge is 2.40. The number of carbonyl (C=O) groups is 1. The summed E-state index contributed by atoms with van der Waals surface area (Å²) in [6.07, 6.45) is 0. The summed E-state index contributed by atoms with van der Waals surface area (Å²) in [5.41, 5.74) is 1.21. The summed E-state index contributed by atoms with van der Waals surface area (Å²) in [5.74, 6) is -0.414. The average molecular weight is 180 g/mol. The lowest BCUT2D eigenvalue weighted by Gasteiger charge is -2.28. The second kappa shape index (κ2) is 2.72. The van der Waals surface area contributed by atoms with E-state index in [1.54, 1.807) is 6.92 Å². The summed E-state index contributed by atoms with van der Waals surface area (Å²) in [5, 5.41) is 9.44. The van der Waals surface area contributed by atoms with Crippen molar-refractivity contribution in [3.8, 4) is 0 Å². The second-order valence-corrected chi connectivity index (χ2v) is 4.69. The van der Waals surface area contributed by atoms with Gasteiger partial charge in [-0.15, -0.1) is 0 Å². The molecule has 0 fully saturated rings. The molecule has 0 heterocycles. The van der Waals surface area contributed by atoms with Crippen LogP contribution in [0.3, 0.4) is 0 Å². The Morgan fingerprint density at radius 2 is 1.85 bits per heavy atom. The zero-order valence-corrected chi connectivity index (χ0v) is 8.64. The Hall–Kier alpha value is -1.05. The summed E-state index contributed by atoms with van der Waals surface area (Å²) in [6, 6.07) is 0. The monoisotopic (exact) mass is 180 g/mol. The fourth-order valence-electron chi connectivity index (χ4n) is 2.03. The van der Waals surface area contributed by atoms with E-state index in [0.717, 1.165) is 5.57 Å². The smallest absolute Gasteiger partial charge is 0.223 e. The number of allylic oxidation sites excluding steroid dienone is 2. The number of carbonyl (C=O) groups excluding carboxylic acids is 1. The summed E-state index contributed by atoms with van der Waals surface area (Å²) < 4.78 is 0. The first-order valence-electron chi connectivity index (χ1n) is 4.40. The molecule has 0 aromatic rings. The van der Waals surface area contributed by atoms with E-state index in [-0.39, 0.29) is 22.9 Å². The molecule has 1 N–H and O–H groups in total. The molecule has 1 atom stereocenters. The highest BCUT2D eigenvalue weighted by molar-refractivity contribution is 6.10. The molecule has 0 aromatic heterocycles. The minimum absolute atomic E-state index is 0.0139. The molecule has 0 unspecified atom stereocenters. The topological polar surface area (TPSA) is 37.3 Å². The van der Waals surface area contributed by atoms with Crippen LogP contribution in [-0.4, -0.2) is 10.9 Å². The maximum Gasteiger partial charge on any atom is 0.223 e. The minimum atomic E-state index is -0.294. The van der Waals surface area contributed by atoms with Crippen molar-refractivity contribution in [2.75, 3.05) is 0 Å². The second-order valence-electron chi connectivity index (χ2n) is 4.69. The molecular formula is C11H16O2. The Morgan fingerprint density at radius 1 is 1.38 bits per heavy atom. The van der Waals surface area contributed by atoms with Crippen LogP contribution in [0.4, 0.5) is 0 Å². The molecule has 0 saturated heterocycles. The van der Waals surface area contributed by atoms with Crippen molar-refractivity contribution in [3.05, 3.63) is 23.5 Å². The predicted molar refractivity (Wildman–Crippen MR) is 52.4 cm³/mol. The van der Waals surface area contributed by atoms with E-state index in [1.165, 1.54) is 0 Å². The Kier molecular flexibility index (Phi) is 2.10. The van der Waals surface area contributed by atoms with Crippen LogP contribution in [0.2, 0.25) is 0 Å². The van der Waals surface area contributed by atoms with Gasteiger partial charge in [-0.2, -0.15) is 0 Å². The largest absolute Gasteiger partial charge is 0.504 e. The molecule has 0 saturated carbocycles. The number of hydrogen-bond acceptors (Lipinski definition) is 2.